The molecule has 0 aliphatic carbocycles. The Labute approximate surface area is 145 Å². The second kappa shape index (κ2) is 5.89. The van der Waals surface area contributed by atoms with E-state index in [2.05, 4.69) is 26.8 Å². The average molecular weight is 343 g/mol. The predicted molar refractivity (Wildman–Crippen MR) is 92.9 cm³/mol. The van der Waals surface area contributed by atoms with E-state index in [0.29, 0.717) is 5.95 Å². The van der Waals surface area contributed by atoms with Crippen LogP contribution in [0, 0.1) is 19.3 Å². The highest BCUT2D eigenvalue weighted by Gasteiger charge is 2.55. The summed E-state index contributed by atoms with van der Waals surface area (Å²) in [6, 6.07) is 1.77. The number of hydrogen-bond donors (Lipinski definition) is 0. The number of amides is 1. The number of likely N-dealkylation sites (tertiary alicyclic amines) is 1. The van der Waals surface area contributed by atoms with Gasteiger partial charge in [-0.3, -0.25) is 14.6 Å². The number of rotatable bonds is 3. The molecule has 4 rings (SSSR count). The van der Waals surface area contributed by atoms with Gasteiger partial charge < -0.3 is 0 Å². The lowest BCUT2D eigenvalue weighted by atomic mass is 9.72. The topological polar surface area (TPSA) is 62.2 Å². The van der Waals surface area contributed by atoms with Crippen LogP contribution in [0.3, 0.4) is 0 Å². The van der Waals surface area contributed by atoms with Crippen LogP contribution in [0.4, 0.5) is 5.95 Å². The maximum atomic E-state index is 12.8. The molecule has 1 atom stereocenters. The SMILES string of the molecule is Cc1nc(C)c(CN2CCC[C@]3(C2)CN(c2ncccn2)C3=O)s1. The summed E-state index contributed by atoms with van der Waals surface area (Å²) < 4.78 is 0. The summed E-state index contributed by atoms with van der Waals surface area (Å²) in [6.07, 6.45) is 5.39. The van der Waals surface area contributed by atoms with E-state index in [1.807, 2.05) is 6.92 Å². The van der Waals surface area contributed by atoms with Crippen LogP contribution >= 0.6 is 11.3 Å². The van der Waals surface area contributed by atoms with E-state index in [0.717, 1.165) is 49.7 Å². The third-order valence-corrected chi connectivity index (χ3v) is 6.03. The highest BCUT2D eigenvalue weighted by Crippen LogP contribution is 2.42. The van der Waals surface area contributed by atoms with Crippen LogP contribution < -0.4 is 4.90 Å². The van der Waals surface area contributed by atoms with E-state index in [9.17, 15) is 4.79 Å². The van der Waals surface area contributed by atoms with Crippen LogP contribution in [0.25, 0.3) is 0 Å². The molecule has 0 aromatic carbocycles. The highest BCUT2D eigenvalue weighted by molar-refractivity contribution is 7.11. The summed E-state index contributed by atoms with van der Waals surface area (Å²) in [5.41, 5.74) is 0.877. The molecule has 0 saturated carbocycles. The fourth-order valence-electron chi connectivity index (χ4n) is 3.82. The lowest BCUT2D eigenvalue weighted by molar-refractivity contribution is -0.139. The molecule has 0 bridgehead atoms. The number of piperidine rings is 1. The van der Waals surface area contributed by atoms with E-state index >= 15 is 0 Å². The molecule has 2 fully saturated rings. The van der Waals surface area contributed by atoms with Crippen molar-refractivity contribution in [3.8, 4) is 0 Å². The van der Waals surface area contributed by atoms with Crippen LogP contribution in [-0.4, -0.2) is 45.4 Å². The molecule has 1 spiro atoms. The van der Waals surface area contributed by atoms with Gasteiger partial charge in [0, 0.05) is 36.9 Å². The molecule has 2 saturated heterocycles. The van der Waals surface area contributed by atoms with Gasteiger partial charge in [-0.15, -0.1) is 11.3 Å². The summed E-state index contributed by atoms with van der Waals surface area (Å²) in [4.78, 5) is 31.2. The van der Waals surface area contributed by atoms with Crippen molar-refractivity contribution in [2.75, 3.05) is 24.5 Å². The number of thiazole rings is 1. The summed E-state index contributed by atoms with van der Waals surface area (Å²) in [5.74, 6) is 0.704. The fourth-order valence-corrected chi connectivity index (χ4v) is 4.80. The molecule has 0 N–H and O–H groups in total. The summed E-state index contributed by atoms with van der Waals surface area (Å²) in [7, 11) is 0. The first-order valence-electron chi connectivity index (χ1n) is 8.32. The lowest BCUT2D eigenvalue weighted by Crippen LogP contribution is -2.67. The molecule has 2 aromatic heterocycles. The third kappa shape index (κ3) is 2.61. The molecule has 0 unspecified atom stereocenters. The monoisotopic (exact) mass is 343 g/mol. The fraction of sp³-hybridized carbons (Fsp3) is 0.529. The van der Waals surface area contributed by atoms with Crippen molar-refractivity contribution >= 4 is 23.2 Å². The van der Waals surface area contributed by atoms with Gasteiger partial charge in [0.2, 0.25) is 11.9 Å². The molecule has 126 valence electrons. The van der Waals surface area contributed by atoms with Crippen molar-refractivity contribution in [3.05, 3.63) is 34.0 Å². The van der Waals surface area contributed by atoms with Crippen LogP contribution in [0.5, 0.6) is 0 Å². The number of nitrogens with zero attached hydrogens (tertiary/aromatic N) is 5. The zero-order valence-electron chi connectivity index (χ0n) is 14.0. The van der Waals surface area contributed by atoms with Gasteiger partial charge in [0.15, 0.2) is 0 Å². The number of hydrogen-bond acceptors (Lipinski definition) is 6. The third-order valence-electron chi connectivity index (χ3n) is 4.98. The maximum Gasteiger partial charge on any atom is 0.238 e. The molecule has 7 heteroatoms. The average Bonchev–Trinajstić information content (AvgIpc) is 2.91. The van der Waals surface area contributed by atoms with Crippen molar-refractivity contribution in [2.45, 2.75) is 33.2 Å². The van der Waals surface area contributed by atoms with Crippen molar-refractivity contribution in [3.63, 3.8) is 0 Å². The number of aromatic nitrogens is 3. The van der Waals surface area contributed by atoms with Crippen LogP contribution in [0.2, 0.25) is 0 Å². The Bertz CT molecular complexity index is 762. The van der Waals surface area contributed by atoms with Gasteiger partial charge in [0.1, 0.15) is 0 Å². The molecule has 6 nitrogen and oxygen atoms in total. The Balaban J connectivity index is 1.46. The van der Waals surface area contributed by atoms with E-state index in [4.69, 9.17) is 0 Å². The van der Waals surface area contributed by atoms with Gasteiger partial charge in [-0.25, -0.2) is 15.0 Å². The smallest absolute Gasteiger partial charge is 0.238 e. The van der Waals surface area contributed by atoms with Gasteiger partial charge >= 0.3 is 0 Å². The highest BCUT2D eigenvalue weighted by atomic mass is 32.1. The second-order valence-electron chi connectivity index (χ2n) is 6.78. The first-order valence-corrected chi connectivity index (χ1v) is 9.13. The number of carbonyl (C=O) groups is 1. The lowest BCUT2D eigenvalue weighted by Gasteiger charge is -2.52. The zero-order chi connectivity index (χ0) is 16.7. The van der Waals surface area contributed by atoms with Gasteiger partial charge in [0.25, 0.3) is 0 Å². The summed E-state index contributed by atoms with van der Waals surface area (Å²) in [5, 5.41) is 1.11. The molecule has 0 radical (unpaired) electrons. The molecule has 4 heterocycles. The quantitative estimate of drug-likeness (QED) is 0.800. The van der Waals surface area contributed by atoms with Gasteiger partial charge in [-0.1, -0.05) is 0 Å². The Kier molecular flexibility index (Phi) is 3.85. The minimum absolute atomic E-state index is 0.176. The largest absolute Gasteiger partial charge is 0.297 e. The Morgan fingerprint density at radius 3 is 2.71 bits per heavy atom. The van der Waals surface area contributed by atoms with Crippen molar-refractivity contribution < 1.29 is 4.79 Å². The first kappa shape index (κ1) is 15.7. The number of anilines is 1. The van der Waals surface area contributed by atoms with E-state index in [-0.39, 0.29) is 11.3 Å². The van der Waals surface area contributed by atoms with E-state index in [1.54, 1.807) is 34.7 Å². The molecule has 1 amide bonds. The standard InChI is InChI=1S/C17H21N5OS/c1-12-14(24-13(2)20-12)9-21-8-3-5-17(10-21)11-22(15(17)23)16-18-6-4-7-19-16/h4,6-7H,3,5,8-11H2,1-2H3/t17-/m0/s1. The first-order chi connectivity index (χ1) is 11.6. The van der Waals surface area contributed by atoms with Crippen LogP contribution in [0.15, 0.2) is 18.5 Å². The minimum Gasteiger partial charge on any atom is -0.297 e. The minimum atomic E-state index is -0.245. The van der Waals surface area contributed by atoms with Gasteiger partial charge in [0.05, 0.1) is 16.1 Å². The van der Waals surface area contributed by atoms with Crippen molar-refractivity contribution in [1.29, 1.82) is 0 Å². The van der Waals surface area contributed by atoms with E-state index in [1.165, 1.54) is 4.88 Å². The normalized spacial score (nSPS) is 24.4. The predicted octanol–water partition coefficient (Wildman–Crippen LogP) is 2.18. The summed E-state index contributed by atoms with van der Waals surface area (Å²) in [6.45, 7) is 7.62. The molecule has 2 aliphatic rings. The van der Waals surface area contributed by atoms with Crippen molar-refractivity contribution in [1.82, 2.24) is 19.9 Å². The second-order valence-corrected chi connectivity index (χ2v) is 8.06. The zero-order valence-corrected chi connectivity index (χ0v) is 14.8. The molecule has 2 aliphatic heterocycles. The number of aryl methyl sites for hydroxylation is 2. The van der Waals surface area contributed by atoms with Crippen LogP contribution in [0.1, 0.15) is 28.4 Å². The van der Waals surface area contributed by atoms with Crippen LogP contribution in [-0.2, 0) is 11.3 Å². The molecule has 2 aromatic rings. The van der Waals surface area contributed by atoms with E-state index < -0.39 is 0 Å². The van der Waals surface area contributed by atoms with Gasteiger partial charge in [-0.05, 0) is 39.3 Å². The van der Waals surface area contributed by atoms with Crippen molar-refractivity contribution in [2.24, 2.45) is 5.41 Å². The molecular weight excluding hydrogens is 322 g/mol. The number of carbonyl (C=O) groups excluding carboxylic acids is 1. The Morgan fingerprint density at radius 2 is 2.04 bits per heavy atom. The Morgan fingerprint density at radius 1 is 1.25 bits per heavy atom. The molecular formula is C17H21N5OS. The number of β-lactam (4-membered cyclic amide) rings is 1. The summed E-state index contributed by atoms with van der Waals surface area (Å²) >= 11 is 1.76. The maximum absolute atomic E-state index is 12.8. The molecule has 24 heavy (non-hydrogen) atoms. The Hall–Kier alpha value is -1.86. The van der Waals surface area contributed by atoms with Gasteiger partial charge in [-0.2, -0.15) is 0 Å².